The molecule has 0 fully saturated rings. The van der Waals surface area contributed by atoms with E-state index in [9.17, 15) is 9.50 Å². The fraction of sp³-hybridized carbons (Fsp3) is 0.308. The molecule has 0 bridgehead atoms. The van der Waals surface area contributed by atoms with Crippen molar-refractivity contribution in [3.05, 3.63) is 52.1 Å². The molecule has 1 unspecified atom stereocenters. The Morgan fingerprint density at radius 1 is 1.39 bits per heavy atom. The minimum Gasteiger partial charge on any atom is -0.386 e. The lowest BCUT2D eigenvalue weighted by Crippen LogP contribution is -2.12. The van der Waals surface area contributed by atoms with Crippen LogP contribution < -0.4 is 0 Å². The van der Waals surface area contributed by atoms with Crippen LogP contribution in [0.4, 0.5) is 4.39 Å². The van der Waals surface area contributed by atoms with Crippen LogP contribution in [0.15, 0.2) is 24.3 Å². The lowest BCUT2D eigenvalue weighted by Gasteiger charge is -2.14. The molecule has 96 valence electrons. The number of rotatable bonds is 3. The highest BCUT2D eigenvalue weighted by molar-refractivity contribution is 6.31. The van der Waals surface area contributed by atoms with E-state index in [-0.39, 0.29) is 5.02 Å². The van der Waals surface area contributed by atoms with Gasteiger partial charge >= 0.3 is 0 Å². The van der Waals surface area contributed by atoms with Crippen LogP contribution in [0.5, 0.6) is 0 Å². The molecule has 0 radical (unpaired) electrons. The lowest BCUT2D eigenvalue weighted by atomic mass is 10.1. The zero-order valence-electron chi connectivity index (χ0n) is 10.2. The van der Waals surface area contributed by atoms with Gasteiger partial charge < -0.3 is 5.11 Å². The van der Waals surface area contributed by atoms with Crippen LogP contribution in [0, 0.1) is 19.7 Å². The Balaban J connectivity index is 2.21. The van der Waals surface area contributed by atoms with E-state index in [2.05, 4.69) is 5.10 Å². The van der Waals surface area contributed by atoms with Gasteiger partial charge in [0.2, 0.25) is 0 Å². The van der Waals surface area contributed by atoms with Gasteiger partial charge in [-0.3, -0.25) is 4.68 Å². The zero-order chi connectivity index (χ0) is 13.3. The van der Waals surface area contributed by atoms with Gasteiger partial charge in [0.15, 0.2) is 0 Å². The summed E-state index contributed by atoms with van der Waals surface area (Å²) in [5, 5.41) is 14.6. The van der Waals surface area contributed by atoms with Gasteiger partial charge in [0.05, 0.1) is 18.3 Å². The second-order valence-corrected chi connectivity index (χ2v) is 4.70. The van der Waals surface area contributed by atoms with Crippen LogP contribution in [0.1, 0.15) is 23.1 Å². The number of hydrogen-bond acceptors (Lipinski definition) is 2. The summed E-state index contributed by atoms with van der Waals surface area (Å²) in [6.45, 7) is 4.10. The molecule has 18 heavy (non-hydrogen) atoms. The first kappa shape index (κ1) is 13.1. The van der Waals surface area contributed by atoms with E-state index in [1.54, 1.807) is 4.68 Å². The maximum absolute atomic E-state index is 12.9. The van der Waals surface area contributed by atoms with Gasteiger partial charge in [-0.05, 0) is 32.0 Å². The van der Waals surface area contributed by atoms with Gasteiger partial charge in [-0.15, -0.1) is 0 Å². The topological polar surface area (TPSA) is 38.0 Å². The second kappa shape index (κ2) is 5.08. The highest BCUT2D eigenvalue weighted by atomic mass is 35.5. The molecule has 2 rings (SSSR count). The Bertz CT molecular complexity index is 568. The molecule has 0 spiro atoms. The fourth-order valence-corrected chi connectivity index (χ4v) is 2.19. The van der Waals surface area contributed by atoms with Crippen molar-refractivity contribution in [2.24, 2.45) is 0 Å². The average molecular weight is 269 g/mol. The molecule has 0 saturated carbocycles. The summed E-state index contributed by atoms with van der Waals surface area (Å²) in [4.78, 5) is 0. The van der Waals surface area contributed by atoms with Crippen LogP contribution >= 0.6 is 11.6 Å². The van der Waals surface area contributed by atoms with E-state index < -0.39 is 11.9 Å². The molecular weight excluding hydrogens is 255 g/mol. The van der Waals surface area contributed by atoms with E-state index in [0.717, 1.165) is 11.4 Å². The number of aliphatic hydroxyl groups excluding tert-OH is 1. The van der Waals surface area contributed by atoms with Gasteiger partial charge in [0.1, 0.15) is 5.82 Å². The van der Waals surface area contributed by atoms with E-state index in [1.807, 2.05) is 19.9 Å². The fourth-order valence-electron chi connectivity index (χ4n) is 1.89. The molecule has 0 saturated heterocycles. The first-order valence-electron chi connectivity index (χ1n) is 5.61. The number of halogens is 2. The average Bonchev–Trinajstić information content (AvgIpc) is 2.57. The molecule has 2 aromatic rings. The third-order valence-corrected chi connectivity index (χ3v) is 3.10. The number of aliphatic hydroxyl groups is 1. The number of aryl methyl sites for hydroxylation is 2. The molecule has 0 aliphatic heterocycles. The standard InChI is InChI=1S/C13H14ClFN2O/c1-8-5-9(2)17(16-8)7-13(18)11-4-3-10(15)6-12(11)14/h3-6,13,18H,7H2,1-2H3. The quantitative estimate of drug-likeness (QED) is 0.929. The molecule has 1 aromatic carbocycles. The van der Waals surface area contributed by atoms with E-state index >= 15 is 0 Å². The second-order valence-electron chi connectivity index (χ2n) is 4.29. The predicted octanol–water partition coefficient (Wildman–Crippen LogP) is 3.03. The third kappa shape index (κ3) is 2.71. The molecule has 1 aromatic heterocycles. The van der Waals surface area contributed by atoms with Gasteiger partial charge in [-0.1, -0.05) is 17.7 Å². The first-order valence-corrected chi connectivity index (χ1v) is 5.99. The molecule has 0 aliphatic rings. The van der Waals surface area contributed by atoms with E-state index in [1.165, 1.54) is 18.2 Å². The van der Waals surface area contributed by atoms with Crippen molar-refractivity contribution in [3.8, 4) is 0 Å². The maximum Gasteiger partial charge on any atom is 0.124 e. The van der Waals surface area contributed by atoms with Gasteiger partial charge in [0.25, 0.3) is 0 Å². The highest BCUT2D eigenvalue weighted by Crippen LogP contribution is 2.25. The van der Waals surface area contributed by atoms with Crippen molar-refractivity contribution in [2.75, 3.05) is 0 Å². The number of hydrogen-bond donors (Lipinski definition) is 1. The Labute approximate surface area is 110 Å². The SMILES string of the molecule is Cc1cc(C)n(CC(O)c2ccc(F)cc2Cl)n1. The molecule has 1 atom stereocenters. The van der Waals surface area contributed by atoms with Crippen LogP contribution in [0.25, 0.3) is 0 Å². The number of benzene rings is 1. The molecule has 3 nitrogen and oxygen atoms in total. The van der Waals surface area contributed by atoms with Crippen molar-refractivity contribution in [1.82, 2.24) is 9.78 Å². The van der Waals surface area contributed by atoms with Crippen molar-refractivity contribution >= 4 is 11.6 Å². The molecule has 1 N–H and O–H groups in total. The molecule has 5 heteroatoms. The van der Waals surface area contributed by atoms with Crippen LogP contribution in [-0.2, 0) is 6.54 Å². The summed E-state index contributed by atoms with van der Waals surface area (Å²) in [5.41, 5.74) is 2.36. The summed E-state index contributed by atoms with van der Waals surface area (Å²) < 4.78 is 14.6. The number of aromatic nitrogens is 2. The van der Waals surface area contributed by atoms with Gasteiger partial charge in [0, 0.05) is 16.3 Å². The minimum absolute atomic E-state index is 0.226. The van der Waals surface area contributed by atoms with E-state index in [0.29, 0.717) is 12.1 Å². The number of nitrogens with zero attached hydrogens (tertiary/aromatic N) is 2. The Hall–Kier alpha value is -1.39. The normalized spacial score (nSPS) is 12.7. The highest BCUT2D eigenvalue weighted by Gasteiger charge is 2.14. The summed E-state index contributed by atoms with van der Waals surface area (Å²) in [6.07, 6.45) is -0.809. The van der Waals surface area contributed by atoms with Crippen molar-refractivity contribution in [1.29, 1.82) is 0 Å². The summed E-state index contributed by atoms with van der Waals surface area (Å²) in [6, 6.07) is 5.90. The smallest absolute Gasteiger partial charge is 0.124 e. The van der Waals surface area contributed by atoms with Gasteiger partial charge in [-0.25, -0.2) is 4.39 Å². The van der Waals surface area contributed by atoms with Crippen LogP contribution in [0.2, 0.25) is 5.02 Å². The Morgan fingerprint density at radius 3 is 2.67 bits per heavy atom. The summed E-state index contributed by atoms with van der Waals surface area (Å²) in [7, 11) is 0. The van der Waals surface area contributed by atoms with Crippen molar-refractivity contribution in [2.45, 2.75) is 26.5 Å². The van der Waals surface area contributed by atoms with Crippen molar-refractivity contribution in [3.63, 3.8) is 0 Å². The molecule has 0 amide bonds. The van der Waals surface area contributed by atoms with Crippen LogP contribution in [-0.4, -0.2) is 14.9 Å². The van der Waals surface area contributed by atoms with Gasteiger partial charge in [-0.2, -0.15) is 5.10 Å². The lowest BCUT2D eigenvalue weighted by molar-refractivity contribution is 0.150. The first-order chi connectivity index (χ1) is 8.47. The predicted molar refractivity (Wildman–Crippen MR) is 68.1 cm³/mol. The maximum atomic E-state index is 12.9. The van der Waals surface area contributed by atoms with E-state index in [4.69, 9.17) is 11.6 Å². The zero-order valence-corrected chi connectivity index (χ0v) is 10.9. The third-order valence-electron chi connectivity index (χ3n) is 2.77. The molecule has 1 heterocycles. The monoisotopic (exact) mass is 268 g/mol. The summed E-state index contributed by atoms with van der Waals surface area (Å²) >= 11 is 5.91. The Morgan fingerprint density at radius 2 is 2.11 bits per heavy atom. The molecular formula is C13H14ClFN2O. The molecule has 0 aliphatic carbocycles. The Kier molecular flexibility index (Phi) is 3.68. The summed E-state index contributed by atoms with van der Waals surface area (Å²) in [5.74, 6) is -0.415. The largest absolute Gasteiger partial charge is 0.386 e. The minimum atomic E-state index is -0.809. The van der Waals surface area contributed by atoms with Crippen molar-refractivity contribution < 1.29 is 9.50 Å². The van der Waals surface area contributed by atoms with Crippen LogP contribution in [0.3, 0.4) is 0 Å².